The number of aliphatic hydroxyl groups excluding tert-OH is 2. The lowest BCUT2D eigenvalue weighted by molar-refractivity contribution is -0.151. The highest BCUT2D eigenvalue weighted by atomic mass is 16.5. The molecule has 0 aromatic carbocycles. The van der Waals surface area contributed by atoms with Crippen LogP contribution in [0, 0.1) is 0 Å². The second-order valence-electron chi connectivity index (χ2n) is 18.2. The van der Waals surface area contributed by atoms with Crippen LogP contribution < -0.4 is 5.32 Å². The molecule has 0 bridgehead atoms. The number of rotatable bonds is 48. The second kappa shape index (κ2) is 51.3. The van der Waals surface area contributed by atoms with Gasteiger partial charge in [-0.3, -0.25) is 9.59 Å². The van der Waals surface area contributed by atoms with E-state index in [0.29, 0.717) is 19.3 Å². The Labute approximate surface area is 396 Å². The van der Waals surface area contributed by atoms with Gasteiger partial charge < -0.3 is 20.3 Å². The quantitative estimate of drug-likeness (QED) is 0.0321. The van der Waals surface area contributed by atoms with Crippen LogP contribution >= 0.6 is 0 Å². The molecule has 0 fully saturated rings. The number of hydrogen-bond acceptors (Lipinski definition) is 5. The maximum atomic E-state index is 13.2. The number of esters is 1. The van der Waals surface area contributed by atoms with E-state index in [9.17, 15) is 19.8 Å². The summed E-state index contributed by atoms with van der Waals surface area (Å²) in [4.78, 5) is 26.2. The number of allylic oxidation sites excluding steroid dienone is 12. The zero-order chi connectivity index (χ0) is 46.7. The molecule has 3 N–H and O–H groups in total. The van der Waals surface area contributed by atoms with Crippen LogP contribution in [-0.4, -0.2) is 46.9 Å². The second-order valence-corrected chi connectivity index (χ2v) is 18.2. The summed E-state index contributed by atoms with van der Waals surface area (Å²) in [7, 11) is 0. The minimum absolute atomic E-state index is 0.0333. The molecule has 0 spiro atoms. The van der Waals surface area contributed by atoms with Crippen LogP contribution in [-0.2, 0) is 14.3 Å². The summed E-state index contributed by atoms with van der Waals surface area (Å²) in [6, 6.07) is -0.723. The molecule has 0 aliphatic carbocycles. The zero-order valence-corrected chi connectivity index (χ0v) is 42.1. The fraction of sp³-hybridized carbons (Fsp3) is 0.759. The lowest BCUT2D eigenvalue weighted by atomic mass is 10.0. The van der Waals surface area contributed by atoms with Gasteiger partial charge in [0.15, 0.2) is 0 Å². The molecule has 0 rings (SSSR count). The minimum atomic E-state index is -0.806. The van der Waals surface area contributed by atoms with Gasteiger partial charge in [-0.2, -0.15) is 0 Å². The van der Waals surface area contributed by atoms with Crippen LogP contribution in [0.3, 0.4) is 0 Å². The van der Waals surface area contributed by atoms with Crippen LogP contribution in [0.2, 0.25) is 0 Å². The van der Waals surface area contributed by atoms with Crippen molar-refractivity contribution in [3.05, 3.63) is 72.9 Å². The first kappa shape index (κ1) is 61.3. The monoisotopic (exact) mass is 894 g/mol. The standard InChI is InChI=1S/C58H103NO5/c1-4-7-10-13-16-19-22-24-26-28-30-32-34-36-39-42-45-48-51-58(63)64-54(49-46-43-40-37-35-33-31-29-27-25-23-20-17-14-11-8-5-2)52-57(62)59-55(53-60)56(61)50-47-44-41-38-21-18-15-12-9-6-3/h8,11,17,20,25,27,30-33,37,40,54-56,60-61H,4-7,9-10,12-16,18-19,21-24,26,28-29,34-36,38-39,41-53H2,1-3H3,(H,59,62)/b11-8-,20-17-,27-25-,32-30+,33-31-,40-37-. The summed E-state index contributed by atoms with van der Waals surface area (Å²) in [6.07, 6.45) is 65.4. The molecule has 64 heavy (non-hydrogen) atoms. The van der Waals surface area contributed by atoms with Gasteiger partial charge in [0.1, 0.15) is 6.10 Å². The fourth-order valence-corrected chi connectivity index (χ4v) is 7.93. The number of hydrogen-bond donors (Lipinski definition) is 3. The maximum Gasteiger partial charge on any atom is 0.306 e. The number of ether oxygens (including phenoxy) is 1. The van der Waals surface area contributed by atoms with Crippen molar-refractivity contribution < 1.29 is 24.5 Å². The van der Waals surface area contributed by atoms with Gasteiger partial charge >= 0.3 is 5.97 Å². The summed E-state index contributed by atoms with van der Waals surface area (Å²) in [5.74, 6) is -0.539. The molecule has 6 heteroatoms. The molecule has 0 aliphatic rings. The van der Waals surface area contributed by atoms with E-state index in [-0.39, 0.29) is 24.9 Å². The molecule has 6 nitrogen and oxygen atoms in total. The van der Waals surface area contributed by atoms with Crippen LogP contribution in [0.15, 0.2) is 72.9 Å². The normalized spacial score (nSPS) is 13.8. The lowest BCUT2D eigenvalue weighted by Crippen LogP contribution is -2.46. The molecule has 0 saturated carbocycles. The average Bonchev–Trinajstić information content (AvgIpc) is 3.29. The molecule has 0 heterocycles. The van der Waals surface area contributed by atoms with Gasteiger partial charge in [-0.25, -0.2) is 0 Å². The number of aliphatic hydroxyl groups is 2. The van der Waals surface area contributed by atoms with Gasteiger partial charge in [0.25, 0.3) is 0 Å². The topological polar surface area (TPSA) is 95.9 Å². The van der Waals surface area contributed by atoms with E-state index in [1.54, 1.807) is 0 Å². The fourth-order valence-electron chi connectivity index (χ4n) is 7.93. The van der Waals surface area contributed by atoms with Crippen molar-refractivity contribution in [1.29, 1.82) is 0 Å². The van der Waals surface area contributed by atoms with Crippen molar-refractivity contribution in [1.82, 2.24) is 5.32 Å². The van der Waals surface area contributed by atoms with E-state index >= 15 is 0 Å². The molecule has 1 amide bonds. The third-order valence-corrected chi connectivity index (χ3v) is 12.0. The maximum absolute atomic E-state index is 13.2. The van der Waals surface area contributed by atoms with E-state index in [1.165, 1.54) is 122 Å². The first-order chi connectivity index (χ1) is 31.5. The van der Waals surface area contributed by atoms with Crippen molar-refractivity contribution in [2.75, 3.05) is 6.61 Å². The molecule has 3 atom stereocenters. The van der Waals surface area contributed by atoms with Crippen LogP contribution in [0.5, 0.6) is 0 Å². The zero-order valence-electron chi connectivity index (χ0n) is 42.1. The Hall–Kier alpha value is -2.70. The largest absolute Gasteiger partial charge is 0.462 e. The van der Waals surface area contributed by atoms with Crippen LogP contribution in [0.25, 0.3) is 0 Å². The Kier molecular flexibility index (Phi) is 49.1. The number of carbonyl (C=O) groups excluding carboxylic acids is 2. The van der Waals surface area contributed by atoms with E-state index in [1.807, 2.05) is 0 Å². The smallest absolute Gasteiger partial charge is 0.306 e. The highest BCUT2D eigenvalue weighted by molar-refractivity contribution is 5.77. The molecule has 0 radical (unpaired) electrons. The van der Waals surface area contributed by atoms with Crippen LogP contribution in [0.4, 0.5) is 0 Å². The van der Waals surface area contributed by atoms with E-state index < -0.39 is 18.2 Å². The predicted octanol–water partition coefficient (Wildman–Crippen LogP) is 16.6. The van der Waals surface area contributed by atoms with Gasteiger partial charge in [-0.05, 0) is 89.9 Å². The summed E-state index contributed by atoms with van der Waals surface area (Å²) in [5, 5.41) is 23.7. The molecule has 3 unspecified atom stereocenters. The van der Waals surface area contributed by atoms with Crippen molar-refractivity contribution in [2.24, 2.45) is 0 Å². The molecular weight excluding hydrogens is 791 g/mol. The Morgan fingerprint density at radius 2 is 0.859 bits per heavy atom. The summed E-state index contributed by atoms with van der Waals surface area (Å²) < 4.78 is 5.92. The van der Waals surface area contributed by atoms with Crippen LogP contribution in [0.1, 0.15) is 258 Å². The summed E-state index contributed by atoms with van der Waals surface area (Å²) in [6.45, 7) is 6.35. The van der Waals surface area contributed by atoms with E-state index in [0.717, 1.165) is 89.9 Å². The highest BCUT2D eigenvalue weighted by Gasteiger charge is 2.24. The molecule has 0 aliphatic heterocycles. The van der Waals surface area contributed by atoms with Crippen molar-refractivity contribution >= 4 is 11.9 Å². The van der Waals surface area contributed by atoms with Gasteiger partial charge in [0.05, 0.1) is 25.2 Å². The lowest BCUT2D eigenvalue weighted by Gasteiger charge is -2.24. The molecule has 0 aromatic heterocycles. The third kappa shape index (κ3) is 45.9. The molecule has 370 valence electrons. The SMILES string of the molecule is CC/C=C\C/C=C\C/C=C\C/C=C\C/C=C\CCCC(CC(=O)NC(CO)C(O)CCCCCCCCCCCC)OC(=O)CCCCCCC/C=C/CCCCCCCCCCC. The predicted molar refractivity (Wildman–Crippen MR) is 278 cm³/mol. The van der Waals surface area contributed by atoms with Gasteiger partial charge in [-0.15, -0.1) is 0 Å². The molecule has 0 aromatic rings. The first-order valence-corrected chi connectivity index (χ1v) is 27.2. The number of amides is 1. The number of unbranched alkanes of at least 4 members (excludes halogenated alkanes) is 24. The summed E-state index contributed by atoms with van der Waals surface area (Å²) in [5.41, 5.74) is 0. The van der Waals surface area contributed by atoms with Gasteiger partial charge in [0, 0.05) is 6.42 Å². The summed E-state index contributed by atoms with van der Waals surface area (Å²) >= 11 is 0. The van der Waals surface area contributed by atoms with E-state index in [4.69, 9.17) is 4.74 Å². The van der Waals surface area contributed by atoms with Gasteiger partial charge in [0.2, 0.25) is 5.91 Å². The average molecular weight is 894 g/mol. The first-order valence-electron chi connectivity index (χ1n) is 27.2. The Morgan fingerprint density at radius 3 is 1.33 bits per heavy atom. The number of carbonyl (C=O) groups is 2. The number of nitrogens with one attached hydrogen (secondary N) is 1. The Balaban J connectivity index is 4.67. The van der Waals surface area contributed by atoms with Gasteiger partial charge in [-0.1, -0.05) is 229 Å². The molecule has 0 saturated heterocycles. The van der Waals surface area contributed by atoms with Crippen molar-refractivity contribution in [3.63, 3.8) is 0 Å². The Morgan fingerprint density at radius 1 is 0.469 bits per heavy atom. The third-order valence-electron chi connectivity index (χ3n) is 12.0. The van der Waals surface area contributed by atoms with Crippen molar-refractivity contribution in [3.8, 4) is 0 Å². The molecular formula is C58H103NO5. The van der Waals surface area contributed by atoms with E-state index in [2.05, 4.69) is 99.0 Å². The minimum Gasteiger partial charge on any atom is -0.462 e. The van der Waals surface area contributed by atoms with Crippen molar-refractivity contribution in [2.45, 2.75) is 277 Å². The highest BCUT2D eigenvalue weighted by Crippen LogP contribution is 2.17. The Bertz CT molecular complexity index is 1190.